The van der Waals surface area contributed by atoms with E-state index in [1.165, 1.54) is 6.33 Å². The van der Waals surface area contributed by atoms with E-state index in [9.17, 15) is 4.79 Å². The molecule has 0 aromatic carbocycles. The van der Waals surface area contributed by atoms with Crippen LogP contribution in [0.1, 0.15) is 20.1 Å². The molecule has 10 nitrogen and oxygen atoms in total. The fourth-order valence-electron chi connectivity index (χ4n) is 3.21. The van der Waals surface area contributed by atoms with Gasteiger partial charge in [0.05, 0.1) is 6.33 Å². The van der Waals surface area contributed by atoms with Crippen molar-refractivity contribution in [1.82, 2.24) is 24.8 Å². The van der Waals surface area contributed by atoms with E-state index in [0.29, 0.717) is 11.2 Å². The second kappa shape index (κ2) is 5.10. The summed E-state index contributed by atoms with van der Waals surface area (Å²) in [6.45, 7) is 3.60. The highest BCUT2D eigenvalue weighted by atomic mass is 16.8. The van der Waals surface area contributed by atoms with Gasteiger partial charge in [0.15, 0.2) is 29.6 Å². The maximum Gasteiger partial charge on any atom is 0.251 e. The van der Waals surface area contributed by atoms with Gasteiger partial charge in [-0.3, -0.25) is 9.36 Å². The summed E-state index contributed by atoms with van der Waals surface area (Å²) in [5, 5.41) is 2.59. The highest BCUT2D eigenvalue weighted by Crippen LogP contribution is 2.43. The summed E-state index contributed by atoms with van der Waals surface area (Å²) in [6, 6.07) is 0. The van der Waals surface area contributed by atoms with Crippen molar-refractivity contribution < 1.29 is 19.0 Å². The van der Waals surface area contributed by atoms with Crippen molar-refractivity contribution in [3.8, 4) is 0 Å². The van der Waals surface area contributed by atoms with E-state index in [0.717, 1.165) is 0 Å². The molecule has 0 saturated carbocycles. The van der Waals surface area contributed by atoms with E-state index in [1.807, 2.05) is 0 Å². The van der Waals surface area contributed by atoms with Crippen LogP contribution in [0.2, 0.25) is 0 Å². The summed E-state index contributed by atoms with van der Waals surface area (Å²) in [6.07, 6.45) is 0.506. The van der Waals surface area contributed by atoms with Crippen LogP contribution in [-0.4, -0.2) is 56.6 Å². The Morgan fingerprint density at radius 2 is 2.04 bits per heavy atom. The van der Waals surface area contributed by atoms with E-state index in [4.69, 9.17) is 19.9 Å². The number of amides is 1. The van der Waals surface area contributed by atoms with E-state index in [1.54, 1.807) is 31.8 Å². The lowest BCUT2D eigenvalue weighted by Gasteiger charge is -2.24. The van der Waals surface area contributed by atoms with Crippen molar-refractivity contribution in [2.45, 2.75) is 44.2 Å². The van der Waals surface area contributed by atoms with Gasteiger partial charge in [-0.1, -0.05) is 0 Å². The van der Waals surface area contributed by atoms with Crippen LogP contribution in [0.25, 0.3) is 11.2 Å². The first-order chi connectivity index (χ1) is 11.4. The van der Waals surface area contributed by atoms with Crippen LogP contribution in [0.4, 0.5) is 5.82 Å². The van der Waals surface area contributed by atoms with Crippen molar-refractivity contribution >= 4 is 22.9 Å². The minimum atomic E-state index is -0.811. The van der Waals surface area contributed by atoms with Gasteiger partial charge in [-0.2, -0.15) is 0 Å². The normalized spacial score (nSPS) is 31.3. The lowest BCUT2D eigenvalue weighted by atomic mass is 10.1. The SMILES string of the molecule is CNC(=O)[C@H]1O[C@@H](n2cnc3c(N)ncnc32)[C@@H]2OC(C)(C)O[C@@H]21. The fourth-order valence-corrected chi connectivity index (χ4v) is 3.21. The zero-order chi connectivity index (χ0) is 17.1. The van der Waals surface area contributed by atoms with Gasteiger partial charge < -0.3 is 25.3 Å². The Balaban J connectivity index is 1.77. The molecule has 24 heavy (non-hydrogen) atoms. The highest BCUT2D eigenvalue weighted by Gasteiger charge is 2.58. The Morgan fingerprint density at radius 1 is 1.29 bits per heavy atom. The molecule has 1 amide bonds. The molecule has 2 aromatic heterocycles. The zero-order valence-electron chi connectivity index (χ0n) is 13.5. The molecule has 0 bridgehead atoms. The van der Waals surface area contributed by atoms with E-state index in [-0.39, 0.29) is 11.7 Å². The molecular weight excluding hydrogens is 316 g/mol. The van der Waals surface area contributed by atoms with Gasteiger partial charge in [-0.15, -0.1) is 0 Å². The molecule has 2 aromatic rings. The summed E-state index contributed by atoms with van der Waals surface area (Å²) in [7, 11) is 1.55. The topological polar surface area (TPSA) is 126 Å². The summed E-state index contributed by atoms with van der Waals surface area (Å²) in [5.41, 5.74) is 6.81. The first kappa shape index (κ1) is 15.2. The Bertz CT molecular complexity index is 806. The predicted octanol–water partition coefficient (Wildman–Crippen LogP) is -0.428. The number of likely N-dealkylation sites (N-methyl/N-ethyl adjacent to an activating group) is 1. The number of rotatable bonds is 2. The summed E-state index contributed by atoms with van der Waals surface area (Å²) < 4.78 is 19.5. The number of nitrogens with one attached hydrogen (secondary N) is 1. The number of ether oxygens (including phenoxy) is 3. The number of imidazole rings is 1. The number of carbonyl (C=O) groups is 1. The van der Waals surface area contributed by atoms with Crippen LogP contribution in [0.5, 0.6) is 0 Å². The molecule has 2 saturated heterocycles. The van der Waals surface area contributed by atoms with Crippen molar-refractivity contribution in [2.75, 3.05) is 12.8 Å². The molecule has 0 spiro atoms. The predicted molar refractivity (Wildman–Crippen MR) is 81.5 cm³/mol. The van der Waals surface area contributed by atoms with E-state index < -0.39 is 30.3 Å². The average molecular weight is 334 g/mol. The van der Waals surface area contributed by atoms with Gasteiger partial charge in [0, 0.05) is 7.05 Å². The van der Waals surface area contributed by atoms with Crippen LogP contribution in [0, 0.1) is 0 Å². The molecule has 2 aliphatic heterocycles. The number of carbonyl (C=O) groups excluding carboxylic acids is 1. The third-order valence-electron chi connectivity index (χ3n) is 4.20. The third kappa shape index (κ3) is 2.14. The molecule has 4 heterocycles. The number of anilines is 1. The van der Waals surface area contributed by atoms with E-state index in [2.05, 4.69) is 20.3 Å². The fraction of sp³-hybridized carbons (Fsp3) is 0.571. The third-order valence-corrected chi connectivity index (χ3v) is 4.20. The molecule has 0 aliphatic carbocycles. The van der Waals surface area contributed by atoms with E-state index >= 15 is 0 Å². The summed E-state index contributed by atoms with van der Waals surface area (Å²) >= 11 is 0. The molecule has 4 rings (SSSR count). The number of nitrogens with zero attached hydrogens (tertiary/aromatic N) is 4. The second-order valence-corrected chi connectivity index (χ2v) is 6.21. The van der Waals surface area contributed by atoms with Gasteiger partial charge in [-0.25, -0.2) is 15.0 Å². The zero-order valence-corrected chi connectivity index (χ0v) is 13.5. The maximum absolute atomic E-state index is 12.2. The van der Waals surface area contributed by atoms with Gasteiger partial charge in [0.1, 0.15) is 24.1 Å². The van der Waals surface area contributed by atoms with Crippen LogP contribution in [0.3, 0.4) is 0 Å². The monoisotopic (exact) mass is 334 g/mol. The number of hydrogen-bond acceptors (Lipinski definition) is 8. The first-order valence-electron chi connectivity index (χ1n) is 7.57. The molecule has 2 aliphatic rings. The molecule has 3 N–H and O–H groups in total. The summed E-state index contributed by atoms with van der Waals surface area (Å²) in [5.74, 6) is -0.805. The molecule has 128 valence electrons. The van der Waals surface area contributed by atoms with Crippen LogP contribution < -0.4 is 11.1 Å². The molecular formula is C14H18N6O4. The van der Waals surface area contributed by atoms with Crippen LogP contribution >= 0.6 is 0 Å². The van der Waals surface area contributed by atoms with Crippen molar-refractivity contribution in [3.05, 3.63) is 12.7 Å². The maximum atomic E-state index is 12.2. The Labute approximate surface area is 137 Å². The Kier molecular flexibility index (Phi) is 3.24. The molecule has 0 radical (unpaired) electrons. The quantitative estimate of drug-likeness (QED) is 0.758. The van der Waals surface area contributed by atoms with Crippen molar-refractivity contribution in [1.29, 1.82) is 0 Å². The summed E-state index contributed by atoms with van der Waals surface area (Å²) in [4.78, 5) is 24.5. The van der Waals surface area contributed by atoms with Crippen LogP contribution in [0.15, 0.2) is 12.7 Å². The molecule has 4 atom stereocenters. The van der Waals surface area contributed by atoms with Crippen molar-refractivity contribution in [2.24, 2.45) is 0 Å². The van der Waals surface area contributed by atoms with Crippen LogP contribution in [-0.2, 0) is 19.0 Å². The second-order valence-electron chi connectivity index (χ2n) is 6.21. The smallest absolute Gasteiger partial charge is 0.251 e. The van der Waals surface area contributed by atoms with Crippen molar-refractivity contribution in [3.63, 3.8) is 0 Å². The number of aromatic nitrogens is 4. The standard InChI is InChI=1S/C14H18N6O4/c1-14(2)23-7-8(12(21)16-3)22-13(9(7)24-14)20-5-19-6-10(15)17-4-18-11(6)20/h4-5,7-9,13H,1-3H3,(H,16,21)(H2,15,17,18)/t7-,8+,9-,13-/m1/s1. The van der Waals surface area contributed by atoms with Gasteiger partial charge in [0.2, 0.25) is 0 Å². The van der Waals surface area contributed by atoms with Gasteiger partial charge in [-0.05, 0) is 13.8 Å². The number of nitrogen functional groups attached to an aromatic ring is 1. The highest BCUT2D eigenvalue weighted by molar-refractivity contribution is 5.82. The largest absolute Gasteiger partial charge is 0.382 e. The van der Waals surface area contributed by atoms with Gasteiger partial charge >= 0.3 is 0 Å². The minimum Gasteiger partial charge on any atom is -0.382 e. The Morgan fingerprint density at radius 3 is 2.79 bits per heavy atom. The molecule has 10 heteroatoms. The first-order valence-corrected chi connectivity index (χ1v) is 7.57. The molecule has 0 unspecified atom stereocenters. The Hall–Kier alpha value is -2.30. The number of hydrogen-bond donors (Lipinski definition) is 2. The lowest BCUT2D eigenvalue weighted by Crippen LogP contribution is -2.41. The average Bonchev–Trinajstić information content (AvgIpc) is 3.18. The molecule has 2 fully saturated rings. The number of nitrogens with two attached hydrogens (primary N) is 1. The number of fused-ring (bicyclic) bond motifs is 2. The lowest BCUT2D eigenvalue weighted by molar-refractivity contribution is -0.197. The minimum absolute atomic E-state index is 0.271. The van der Waals surface area contributed by atoms with Gasteiger partial charge in [0.25, 0.3) is 5.91 Å².